The third kappa shape index (κ3) is 2.19. The van der Waals surface area contributed by atoms with Crippen LogP contribution >= 0.6 is 15.9 Å². The van der Waals surface area contributed by atoms with Gasteiger partial charge in [0.25, 0.3) is 0 Å². The van der Waals surface area contributed by atoms with Gasteiger partial charge < -0.3 is 15.7 Å². The SMILES string of the molecule is CC(CO)N(C)c1cccc(Br)c1N. The maximum Gasteiger partial charge on any atom is 0.0696 e. The molecule has 3 N–H and O–H groups in total. The van der Waals surface area contributed by atoms with E-state index in [1.165, 1.54) is 0 Å². The van der Waals surface area contributed by atoms with Crippen LogP contribution in [0.15, 0.2) is 22.7 Å². The fourth-order valence-electron chi connectivity index (χ4n) is 1.19. The number of benzene rings is 1. The van der Waals surface area contributed by atoms with Crippen molar-refractivity contribution in [2.45, 2.75) is 13.0 Å². The minimum absolute atomic E-state index is 0.0617. The van der Waals surface area contributed by atoms with Gasteiger partial charge in [0, 0.05) is 17.6 Å². The lowest BCUT2D eigenvalue weighted by Gasteiger charge is -2.26. The lowest BCUT2D eigenvalue weighted by Crippen LogP contribution is -2.32. The Morgan fingerprint density at radius 1 is 1.57 bits per heavy atom. The van der Waals surface area contributed by atoms with Gasteiger partial charge in [-0.3, -0.25) is 0 Å². The molecule has 0 bridgehead atoms. The molecule has 0 aliphatic heterocycles. The Morgan fingerprint density at radius 3 is 2.79 bits per heavy atom. The molecule has 0 radical (unpaired) electrons. The van der Waals surface area contributed by atoms with Gasteiger partial charge in [-0.25, -0.2) is 0 Å². The predicted molar refractivity (Wildman–Crippen MR) is 63.5 cm³/mol. The zero-order valence-electron chi connectivity index (χ0n) is 8.37. The maximum absolute atomic E-state index is 9.03. The molecule has 1 aromatic rings. The zero-order valence-corrected chi connectivity index (χ0v) is 9.95. The monoisotopic (exact) mass is 258 g/mol. The Hall–Kier alpha value is -0.740. The van der Waals surface area contributed by atoms with E-state index < -0.39 is 0 Å². The molecule has 78 valence electrons. The van der Waals surface area contributed by atoms with E-state index in [2.05, 4.69) is 15.9 Å². The number of nitrogens with zero attached hydrogens (tertiary/aromatic N) is 1. The lowest BCUT2D eigenvalue weighted by atomic mass is 10.2. The molecule has 3 nitrogen and oxygen atoms in total. The molecule has 0 fully saturated rings. The Balaban J connectivity index is 3.01. The van der Waals surface area contributed by atoms with Gasteiger partial charge in [0.1, 0.15) is 0 Å². The van der Waals surface area contributed by atoms with Crippen molar-refractivity contribution in [2.75, 3.05) is 24.3 Å². The number of para-hydroxylation sites is 1. The molecular weight excluding hydrogens is 244 g/mol. The number of anilines is 2. The highest BCUT2D eigenvalue weighted by molar-refractivity contribution is 9.10. The van der Waals surface area contributed by atoms with E-state index in [1.807, 2.05) is 37.1 Å². The quantitative estimate of drug-likeness (QED) is 0.814. The highest BCUT2D eigenvalue weighted by Crippen LogP contribution is 2.30. The van der Waals surface area contributed by atoms with E-state index in [0.29, 0.717) is 5.69 Å². The van der Waals surface area contributed by atoms with Crippen molar-refractivity contribution in [3.8, 4) is 0 Å². The van der Waals surface area contributed by atoms with E-state index in [0.717, 1.165) is 10.2 Å². The normalized spacial score (nSPS) is 12.6. The molecule has 14 heavy (non-hydrogen) atoms. The molecule has 1 aromatic carbocycles. The molecule has 0 heterocycles. The number of hydrogen-bond acceptors (Lipinski definition) is 3. The molecule has 4 heteroatoms. The summed E-state index contributed by atoms with van der Waals surface area (Å²) in [6, 6.07) is 5.82. The second-order valence-corrected chi connectivity index (χ2v) is 4.17. The van der Waals surface area contributed by atoms with Crippen LogP contribution in [0.4, 0.5) is 11.4 Å². The highest BCUT2D eigenvalue weighted by Gasteiger charge is 2.12. The highest BCUT2D eigenvalue weighted by atomic mass is 79.9. The lowest BCUT2D eigenvalue weighted by molar-refractivity contribution is 0.270. The van der Waals surface area contributed by atoms with E-state index in [1.54, 1.807) is 0 Å². The van der Waals surface area contributed by atoms with Crippen LogP contribution in [0.2, 0.25) is 0 Å². The number of hydrogen-bond donors (Lipinski definition) is 2. The van der Waals surface area contributed by atoms with E-state index in [-0.39, 0.29) is 12.6 Å². The summed E-state index contributed by atoms with van der Waals surface area (Å²) in [6.07, 6.45) is 0. The van der Waals surface area contributed by atoms with Crippen molar-refractivity contribution in [3.63, 3.8) is 0 Å². The Kier molecular flexibility index (Phi) is 3.77. The molecule has 1 atom stereocenters. The van der Waals surface area contributed by atoms with Gasteiger partial charge >= 0.3 is 0 Å². The molecule has 0 aromatic heterocycles. The fourth-order valence-corrected chi connectivity index (χ4v) is 1.55. The number of halogens is 1. The first-order valence-corrected chi connectivity index (χ1v) is 5.25. The van der Waals surface area contributed by atoms with Gasteiger partial charge in [0.15, 0.2) is 0 Å². The van der Waals surface area contributed by atoms with Crippen molar-refractivity contribution in [1.82, 2.24) is 0 Å². The summed E-state index contributed by atoms with van der Waals surface area (Å²) < 4.78 is 0.881. The van der Waals surface area contributed by atoms with Gasteiger partial charge in [0.05, 0.1) is 18.0 Å². The second-order valence-electron chi connectivity index (χ2n) is 3.32. The van der Waals surface area contributed by atoms with Crippen molar-refractivity contribution >= 4 is 27.3 Å². The van der Waals surface area contributed by atoms with Crippen molar-refractivity contribution in [1.29, 1.82) is 0 Å². The Morgan fingerprint density at radius 2 is 2.21 bits per heavy atom. The third-order valence-electron chi connectivity index (χ3n) is 2.34. The molecule has 0 saturated carbocycles. The number of likely N-dealkylation sites (N-methyl/N-ethyl adjacent to an activating group) is 1. The summed E-state index contributed by atoms with van der Waals surface area (Å²) in [7, 11) is 1.92. The van der Waals surface area contributed by atoms with Gasteiger partial charge in [-0.1, -0.05) is 6.07 Å². The largest absolute Gasteiger partial charge is 0.396 e. The molecule has 0 aliphatic carbocycles. The molecule has 0 aliphatic rings. The van der Waals surface area contributed by atoms with Crippen molar-refractivity contribution < 1.29 is 5.11 Å². The van der Waals surface area contributed by atoms with Crippen LogP contribution in [0.3, 0.4) is 0 Å². The molecule has 1 unspecified atom stereocenters. The van der Waals surface area contributed by atoms with E-state index >= 15 is 0 Å². The van der Waals surface area contributed by atoms with Crippen molar-refractivity contribution in [2.24, 2.45) is 0 Å². The summed E-state index contributed by atoms with van der Waals surface area (Å²) in [6.45, 7) is 2.06. The number of rotatable bonds is 3. The van der Waals surface area contributed by atoms with Gasteiger partial charge in [-0.15, -0.1) is 0 Å². The van der Waals surface area contributed by atoms with Crippen molar-refractivity contribution in [3.05, 3.63) is 22.7 Å². The van der Waals surface area contributed by atoms with Crippen LogP contribution in [-0.4, -0.2) is 24.8 Å². The van der Waals surface area contributed by atoms with E-state index in [4.69, 9.17) is 10.8 Å². The predicted octanol–water partition coefficient (Wildman–Crippen LogP) is 1.85. The second kappa shape index (κ2) is 4.66. The molecule has 1 rings (SSSR count). The topological polar surface area (TPSA) is 49.5 Å². The summed E-state index contributed by atoms with van der Waals surface area (Å²) in [5, 5.41) is 9.03. The smallest absolute Gasteiger partial charge is 0.0696 e. The fraction of sp³-hybridized carbons (Fsp3) is 0.400. The zero-order chi connectivity index (χ0) is 10.7. The molecule has 0 spiro atoms. The van der Waals surface area contributed by atoms with Crippen LogP contribution in [0.5, 0.6) is 0 Å². The first kappa shape index (κ1) is 11.3. The summed E-state index contributed by atoms with van der Waals surface area (Å²) in [5.41, 5.74) is 7.54. The van der Waals surface area contributed by atoms with Crippen LogP contribution in [0.1, 0.15) is 6.92 Å². The van der Waals surface area contributed by atoms with E-state index in [9.17, 15) is 0 Å². The number of nitrogens with two attached hydrogens (primary N) is 1. The van der Waals surface area contributed by atoms with Gasteiger partial charge in [-0.2, -0.15) is 0 Å². The average Bonchev–Trinajstić information content (AvgIpc) is 2.20. The maximum atomic E-state index is 9.03. The number of aliphatic hydroxyl groups is 1. The standard InChI is InChI=1S/C10H15BrN2O/c1-7(6-14)13(2)9-5-3-4-8(11)10(9)12/h3-5,7,14H,6,12H2,1-2H3. The first-order valence-electron chi connectivity index (χ1n) is 4.45. The summed E-state index contributed by atoms with van der Waals surface area (Å²) >= 11 is 3.37. The average molecular weight is 259 g/mol. The Bertz CT molecular complexity index is 317. The summed E-state index contributed by atoms with van der Waals surface area (Å²) in [4.78, 5) is 1.96. The van der Waals surface area contributed by atoms with Gasteiger partial charge in [-0.05, 0) is 35.0 Å². The number of nitrogen functional groups attached to an aromatic ring is 1. The van der Waals surface area contributed by atoms with Gasteiger partial charge in [0.2, 0.25) is 0 Å². The first-order chi connectivity index (χ1) is 6.57. The minimum Gasteiger partial charge on any atom is -0.396 e. The van der Waals surface area contributed by atoms with Crippen LogP contribution in [-0.2, 0) is 0 Å². The third-order valence-corrected chi connectivity index (χ3v) is 3.03. The Labute approximate surface area is 92.7 Å². The minimum atomic E-state index is 0.0617. The molecule has 0 amide bonds. The number of aliphatic hydroxyl groups excluding tert-OH is 1. The van der Waals surface area contributed by atoms with Crippen LogP contribution in [0.25, 0.3) is 0 Å². The molecular formula is C10H15BrN2O. The van der Waals surface area contributed by atoms with Crippen LogP contribution < -0.4 is 10.6 Å². The summed E-state index contributed by atoms with van der Waals surface area (Å²) in [5.74, 6) is 0. The van der Waals surface area contributed by atoms with Crippen LogP contribution in [0, 0.1) is 0 Å². The molecule has 0 saturated heterocycles.